The van der Waals surface area contributed by atoms with Crippen LogP contribution in [0.15, 0.2) is 71.6 Å². The molecule has 0 aliphatic carbocycles. The summed E-state index contributed by atoms with van der Waals surface area (Å²) in [6.45, 7) is 2.10. The lowest BCUT2D eigenvalue weighted by Crippen LogP contribution is -2.26. The van der Waals surface area contributed by atoms with E-state index in [0.717, 1.165) is 11.3 Å². The van der Waals surface area contributed by atoms with Gasteiger partial charge in [-0.2, -0.15) is 0 Å². The van der Waals surface area contributed by atoms with Gasteiger partial charge in [0, 0.05) is 12.1 Å². The minimum atomic E-state index is -3.92. The molecule has 3 aromatic carbocycles. The molecule has 0 heterocycles. The van der Waals surface area contributed by atoms with Gasteiger partial charge in [0.1, 0.15) is 11.5 Å². The third-order valence-corrected chi connectivity index (χ3v) is 6.46. The van der Waals surface area contributed by atoms with Gasteiger partial charge in [0.05, 0.1) is 24.8 Å². The van der Waals surface area contributed by atoms with E-state index in [1.165, 1.54) is 13.2 Å². The summed E-state index contributed by atoms with van der Waals surface area (Å²) in [4.78, 5) is 12.7. The lowest BCUT2D eigenvalue weighted by atomic mass is 10.1. The zero-order valence-corrected chi connectivity index (χ0v) is 19.0. The Morgan fingerprint density at radius 3 is 2.34 bits per heavy atom. The molecule has 0 saturated heterocycles. The maximum absolute atomic E-state index is 13.0. The second-order valence-corrected chi connectivity index (χ2v) is 8.79. The molecule has 8 heteroatoms. The molecule has 168 valence electrons. The van der Waals surface area contributed by atoms with Crippen molar-refractivity contribution in [3.05, 3.63) is 83.4 Å². The summed E-state index contributed by atoms with van der Waals surface area (Å²) < 4.78 is 38.9. The third-order valence-electron chi connectivity index (χ3n) is 4.95. The van der Waals surface area contributed by atoms with Crippen LogP contribution >= 0.6 is 0 Å². The van der Waals surface area contributed by atoms with Crippen LogP contribution < -0.4 is 19.5 Å². The Morgan fingerprint density at radius 2 is 1.66 bits per heavy atom. The van der Waals surface area contributed by atoms with Crippen molar-refractivity contribution < 1.29 is 22.7 Å². The van der Waals surface area contributed by atoms with E-state index in [4.69, 9.17) is 9.47 Å². The van der Waals surface area contributed by atoms with Crippen molar-refractivity contribution in [1.82, 2.24) is 5.32 Å². The van der Waals surface area contributed by atoms with Gasteiger partial charge in [0.15, 0.2) is 0 Å². The molecule has 0 aliphatic rings. The molecule has 0 aromatic heterocycles. The molecule has 0 spiro atoms. The number of methoxy groups -OCH3 is 2. The summed E-state index contributed by atoms with van der Waals surface area (Å²) in [5.74, 6) is 0.835. The predicted octanol–water partition coefficient (Wildman–Crippen LogP) is 3.79. The second-order valence-electron chi connectivity index (χ2n) is 7.14. The van der Waals surface area contributed by atoms with Crippen molar-refractivity contribution in [1.29, 1.82) is 0 Å². The molecule has 0 fully saturated rings. The smallest absolute Gasteiger partial charge is 0.262 e. The van der Waals surface area contributed by atoms with Gasteiger partial charge < -0.3 is 14.8 Å². The lowest BCUT2D eigenvalue weighted by Gasteiger charge is -2.14. The van der Waals surface area contributed by atoms with Crippen LogP contribution in [0.3, 0.4) is 0 Å². The molecule has 0 aliphatic heterocycles. The average molecular weight is 455 g/mol. The Kier molecular flexibility index (Phi) is 7.37. The van der Waals surface area contributed by atoms with Crippen molar-refractivity contribution in [3.63, 3.8) is 0 Å². The highest BCUT2D eigenvalue weighted by Gasteiger charge is 2.20. The van der Waals surface area contributed by atoms with Gasteiger partial charge in [-0.1, -0.05) is 30.3 Å². The number of amides is 1. The number of ether oxygens (including phenoxy) is 2. The minimum absolute atomic E-state index is 0.0335. The first-order chi connectivity index (χ1) is 15.3. The molecule has 7 nitrogen and oxygen atoms in total. The first-order valence-electron chi connectivity index (χ1n) is 10.0. The summed E-state index contributed by atoms with van der Waals surface area (Å²) in [5, 5.41) is 2.84. The number of para-hydroxylation sites is 2. The Labute approximate surface area is 188 Å². The largest absolute Gasteiger partial charge is 0.497 e. The van der Waals surface area contributed by atoms with Crippen LogP contribution in [0.2, 0.25) is 0 Å². The van der Waals surface area contributed by atoms with E-state index in [0.29, 0.717) is 30.0 Å². The molecule has 3 aromatic rings. The number of anilines is 1. The number of benzene rings is 3. The first-order valence-corrected chi connectivity index (χ1v) is 11.5. The Morgan fingerprint density at radius 1 is 0.938 bits per heavy atom. The van der Waals surface area contributed by atoms with Gasteiger partial charge >= 0.3 is 0 Å². The van der Waals surface area contributed by atoms with Gasteiger partial charge in [0.2, 0.25) is 0 Å². The number of hydrogen-bond acceptors (Lipinski definition) is 5. The molecule has 2 N–H and O–H groups in total. The van der Waals surface area contributed by atoms with Crippen LogP contribution in [0.1, 0.15) is 21.5 Å². The van der Waals surface area contributed by atoms with E-state index < -0.39 is 10.0 Å². The molecular formula is C24H26N2O5S. The fraction of sp³-hybridized carbons (Fsp3) is 0.208. The van der Waals surface area contributed by atoms with E-state index >= 15 is 0 Å². The van der Waals surface area contributed by atoms with Crippen molar-refractivity contribution in [2.45, 2.75) is 18.2 Å². The molecule has 0 radical (unpaired) electrons. The van der Waals surface area contributed by atoms with Gasteiger partial charge in [-0.3, -0.25) is 9.52 Å². The van der Waals surface area contributed by atoms with Crippen LogP contribution in [-0.2, 0) is 16.4 Å². The van der Waals surface area contributed by atoms with Gasteiger partial charge in [-0.05, 0) is 60.9 Å². The maximum Gasteiger partial charge on any atom is 0.262 e. The number of rotatable bonds is 9. The fourth-order valence-corrected chi connectivity index (χ4v) is 4.52. The number of aryl methyl sites for hydroxylation is 1. The first kappa shape index (κ1) is 23.1. The molecule has 0 bridgehead atoms. The SMILES string of the molecule is COc1ccc(CCNC(=O)c2ccc(C)c(S(=O)(=O)Nc3ccccc3OC)c2)cc1. The van der Waals surface area contributed by atoms with Crippen molar-refractivity contribution in [2.75, 3.05) is 25.5 Å². The maximum atomic E-state index is 13.0. The number of nitrogens with one attached hydrogen (secondary N) is 2. The quantitative estimate of drug-likeness (QED) is 0.513. The molecule has 0 atom stereocenters. The van der Waals surface area contributed by atoms with Crippen LogP contribution in [0, 0.1) is 6.92 Å². The number of sulfonamides is 1. The summed E-state index contributed by atoms with van der Waals surface area (Å²) in [5.41, 5.74) is 2.18. The zero-order chi connectivity index (χ0) is 23.1. The topological polar surface area (TPSA) is 93.7 Å². The summed E-state index contributed by atoms with van der Waals surface area (Å²) in [6.07, 6.45) is 0.641. The van der Waals surface area contributed by atoms with Crippen LogP contribution in [0.4, 0.5) is 5.69 Å². The molecule has 0 unspecified atom stereocenters. The molecular weight excluding hydrogens is 428 g/mol. The standard InChI is InChI=1S/C24H26N2O5S/c1-17-8-11-19(24(27)25-15-14-18-9-12-20(30-2)13-10-18)16-23(17)32(28,29)26-21-6-4-5-7-22(21)31-3/h4-13,16,26H,14-15H2,1-3H3,(H,25,27). The number of carbonyl (C=O) groups is 1. The summed E-state index contributed by atoms with van der Waals surface area (Å²) in [6, 6.07) is 18.9. The highest BCUT2D eigenvalue weighted by atomic mass is 32.2. The highest BCUT2D eigenvalue weighted by Crippen LogP contribution is 2.27. The Hall–Kier alpha value is -3.52. The van der Waals surface area contributed by atoms with E-state index in [1.807, 2.05) is 24.3 Å². The van der Waals surface area contributed by atoms with Crippen LogP contribution in [-0.4, -0.2) is 35.1 Å². The second kappa shape index (κ2) is 10.2. The van der Waals surface area contributed by atoms with E-state index in [-0.39, 0.29) is 16.4 Å². The molecule has 32 heavy (non-hydrogen) atoms. The van der Waals surface area contributed by atoms with Gasteiger partial charge in [0.25, 0.3) is 15.9 Å². The van der Waals surface area contributed by atoms with E-state index in [9.17, 15) is 13.2 Å². The summed E-state index contributed by atoms with van der Waals surface area (Å²) >= 11 is 0. The molecule has 3 rings (SSSR count). The Balaban J connectivity index is 1.71. The van der Waals surface area contributed by atoms with E-state index in [2.05, 4.69) is 10.0 Å². The monoisotopic (exact) mass is 454 g/mol. The predicted molar refractivity (Wildman–Crippen MR) is 124 cm³/mol. The van der Waals surface area contributed by atoms with Crippen LogP contribution in [0.25, 0.3) is 0 Å². The molecule has 0 saturated carbocycles. The number of hydrogen-bond donors (Lipinski definition) is 2. The normalized spacial score (nSPS) is 11.0. The average Bonchev–Trinajstić information content (AvgIpc) is 2.79. The summed E-state index contributed by atoms with van der Waals surface area (Å²) in [7, 11) is -0.849. The van der Waals surface area contributed by atoms with Crippen molar-refractivity contribution in [3.8, 4) is 11.5 Å². The van der Waals surface area contributed by atoms with Gasteiger partial charge in [-0.25, -0.2) is 8.42 Å². The zero-order valence-electron chi connectivity index (χ0n) is 18.2. The highest BCUT2D eigenvalue weighted by molar-refractivity contribution is 7.92. The van der Waals surface area contributed by atoms with Crippen LogP contribution in [0.5, 0.6) is 11.5 Å². The Bertz CT molecular complexity index is 1190. The van der Waals surface area contributed by atoms with Crippen molar-refractivity contribution >= 4 is 21.6 Å². The molecule has 1 amide bonds. The fourth-order valence-electron chi connectivity index (χ4n) is 3.17. The third kappa shape index (κ3) is 5.59. The van der Waals surface area contributed by atoms with E-state index in [1.54, 1.807) is 50.4 Å². The van der Waals surface area contributed by atoms with Crippen molar-refractivity contribution in [2.24, 2.45) is 0 Å². The number of carbonyl (C=O) groups excluding carboxylic acids is 1. The van der Waals surface area contributed by atoms with Gasteiger partial charge in [-0.15, -0.1) is 0 Å². The minimum Gasteiger partial charge on any atom is -0.497 e. The lowest BCUT2D eigenvalue weighted by molar-refractivity contribution is 0.0954.